The fourth-order valence-electron chi connectivity index (χ4n) is 3.96. The first-order chi connectivity index (χ1) is 8.85. The quantitative estimate of drug-likeness (QED) is 0.773. The molecule has 2 rings (SSSR count). The molecule has 2 fully saturated rings. The molecule has 1 N–H and O–H groups in total. The van der Waals surface area contributed by atoms with Gasteiger partial charge in [0.05, 0.1) is 18.1 Å². The summed E-state index contributed by atoms with van der Waals surface area (Å²) in [6.07, 6.45) is 5.90. The molecular formula is C16H28O3. The van der Waals surface area contributed by atoms with Crippen molar-refractivity contribution in [1.29, 1.82) is 0 Å². The van der Waals surface area contributed by atoms with Crippen molar-refractivity contribution in [2.75, 3.05) is 0 Å². The van der Waals surface area contributed by atoms with Gasteiger partial charge in [-0.3, -0.25) is 4.79 Å². The molecule has 5 unspecified atom stereocenters. The molecule has 0 bridgehead atoms. The van der Waals surface area contributed by atoms with Gasteiger partial charge in [0.25, 0.3) is 0 Å². The SMILES string of the molecule is CCC1OC1C(C(=O)O)C(C)C1CCCC(C)(C)C1. The molecule has 0 amide bonds. The number of carbonyl (C=O) groups is 1. The van der Waals surface area contributed by atoms with E-state index in [0.717, 1.165) is 12.8 Å². The van der Waals surface area contributed by atoms with Crippen molar-refractivity contribution in [3.8, 4) is 0 Å². The third-order valence-electron chi connectivity index (χ3n) is 5.22. The smallest absolute Gasteiger partial charge is 0.309 e. The van der Waals surface area contributed by atoms with Crippen molar-refractivity contribution in [1.82, 2.24) is 0 Å². The molecule has 3 nitrogen and oxygen atoms in total. The van der Waals surface area contributed by atoms with E-state index in [2.05, 4.69) is 27.7 Å². The van der Waals surface area contributed by atoms with Gasteiger partial charge < -0.3 is 9.84 Å². The number of aliphatic carboxylic acids is 1. The van der Waals surface area contributed by atoms with E-state index in [9.17, 15) is 9.90 Å². The van der Waals surface area contributed by atoms with E-state index in [4.69, 9.17) is 4.74 Å². The molecule has 1 aliphatic carbocycles. The topological polar surface area (TPSA) is 49.8 Å². The molecule has 110 valence electrons. The maximum Gasteiger partial charge on any atom is 0.309 e. The number of epoxide rings is 1. The number of carboxylic acid groups (broad SMARTS) is 1. The number of carboxylic acids is 1. The fraction of sp³-hybridized carbons (Fsp3) is 0.938. The van der Waals surface area contributed by atoms with Crippen LogP contribution in [0.2, 0.25) is 0 Å². The van der Waals surface area contributed by atoms with Crippen LogP contribution in [0.4, 0.5) is 0 Å². The number of ether oxygens (including phenoxy) is 1. The third-order valence-corrected chi connectivity index (χ3v) is 5.22. The summed E-state index contributed by atoms with van der Waals surface area (Å²) in [4.78, 5) is 11.6. The lowest BCUT2D eigenvalue weighted by Gasteiger charge is -2.39. The Hall–Kier alpha value is -0.570. The third kappa shape index (κ3) is 3.31. The zero-order chi connectivity index (χ0) is 14.2. The van der Waals surface area contributed by atoms with Crippen LogP contribution in [0.5, 0.6) is 0 Å². The minimum Gasteiger partial charge on any atom is -0.481 e. The van der Waals surface area contributed by atoms with Crippen LogP contribution in [0.1, 0.15) is 59.8 Å². The standard InChI is InChI=1S/C16H28O3/c1-5-12-14(19-12)13(15(17)18)10(2)11-7-6-8-16(3,4)9-11/h10-14H,5-9H2,1-4H3,(H,17,18). The van der Waals surface area contributed by atoms with Crippen LogP contribution in [-0.4, -0.2) is 23.3 Å². The van der Waals surface area contributed by atoms with Gasteiger partial charge in [0.15, 0.2) is 0 Å². The minimum absolute atomic E-state index is 0.0393. The van der Waals surface area contributed by atoms with Gasteiger partial charge >= 0.3 is 5.97 Å². The molecule has 0 spiro atoms. The number of hydrogen-bond donors (Lipinski definition) is 1. The van der Waals surface area contributed by atoms with Gasteiger partial charge in [-0.05, 0) is 36.5 Å². The Morgan fingerprint density at radius 3 is 2.63 bits per heavy atom. The molecule has 1 heterocycles. The van der Waals surface area contributed by atoms with E-state index < -0.39 is 5.97 Å². The van der Waals surface area contributed by atoms with Crippen LogP contribution < -0.4 is 0 Å². The highest BCUT2D eigenvalue weighted by atomic mass is 16.6. The summed E-state index contributed by atoms with van der Waals surface area (Å²) in [6, 6.07) is 0. The second-order valence-corrected chi connectivity index (χ2v) is 7.29. The Morgan fingerprint density at radius 2 is 2.16 bits per heavy atom. The van der Waals surface area contributed by atoms with Crippen LogP contribution in [-0.2, 0) is 9.53 Å². The van der Waals surface area contributed by atoms with Crippen LogP contribution >= 0.6 is 0 Å². The van der Waals surface area contributed by atoms with Crippen molar-refractivity contribution in [2.24, 2.45) is 23.2 Å². The molecule has 0 aromatic heterocycles. The predicted molar refractivity (Wildman–Crippen MR) is 75.0 cm³/mol. The second-order valence-electron chi connectivity index (χ2n) is 7.29. The average molecular weight is 268 g/mol. The Bertz CT molecular complexity index is 337. The summed E-state index contributed by atoms with van der Waals surface area (Å²) in [5.74, 6) is -0.231. The van der Waals surface area contributed by atoms with Crippen molar-refractivity contribution in [2.45, 2.75) is 72.0 Å². The van der Waals surface area contributed by atoms with E-state index in [1.165, 1.54) is 19.3 Å². The summed E-state index contributed by atoms with van der Waals surface area (Å²) in [5, 5.41) is 9.55. The van der Waals surface area contributed by atoms with Crippen LogP contribution in [0.15, 0.2) is 0 Å². The van der Waals surface area contributed by atoms with Gasteiger partial charge in [-0.25, -0.2) is 0 Å². The maximum atomic E-state index is 11.6. The lowest BCUT2D eigenvalue weighted by atomic mass is 9.65. The first-order valence-corrected chi connectivity index (χ1v) is 7.74. The first-order valence-electron chi connectivity index (χ1n) is 7.74. The van der Waals surface area contributed by atoms with Gasteiger partial charge in [-0.15, -0.1) is 0 Å². The molecule has 5 atom stereocenters. The molecule has 3 heteroatoms. The first kappa shape index (κ1) is 14.8. The fourth-order valence-corrected chi connectivity index (χ4v) is 3.96. The highest BCUT2D eigenvalue weighted by molar-refractivity contribution is 5.71. The Labute approximate surface area is 116 Å². The maximum absolute atomic E-state index is 11.6. The minimum atomic E-state index is -0.670. The summed E-state index contributed by atoms with van der Waals surface area (Å²) < 4.78 is 5.57. The summed E-state index contributed by atoms with van der Waals surface area (Å²) in [7, 11) is 0. The van der Waals surface area contributed by atoms with Gasteiger partial charge in [0, 0.05) is 0 Å². The largest absolute Gasteiger partial charge is 0.481 e. The highest BCUT2D eigenvalue weighted by Crippen LogP contribution is 2.46. The van der Waals surface area contributed by atoms with Crippen molar-refractivity contribution in [3.63, 3.8) is 0 Å². The van der Waals surface area contributed by atoms with Crippen molar-refractivity contribution < 1.29 is 14.6 Å². The van der Waals surface area contributed by atoms with Crippen LogP contribution in [0.25, 0.3) is 0 Å². The van der Waals surface area contributed by atoms with Gasteiger partial charge in [-0.2, -0.15) is 0 Å². The molecule has 19 heavy (non-hydrogen) atoms. The second kappa shape index (κ2) is 5.43. The Balaban J connectivity index is 2.03. The lowest BCUT2D eigenvalue weighted by Crippen LogP contribution is -2.36. The monoisotopic (exact) mass is 268 g/mol. The molecule has 1 saturated heterocycles. The van der Waals surface area contributed by atoms with Crippen molar-refractivity contribution in [3.05, 3.63) is 0 Å². The number of hydrogen-bond acceptors (Lipinski definition) is 2. The average Bonchev–Trinajstić information content (AvgIpc) is 3.06. The molecule has 1 aliphatic heterocycles. The highest BCUT2D eigenvalue weighted by Gasteiger charge is 2.51. The zero-order valence-electron chi connectivity index (χ0n) is 12.7. The van der Waals surface area contributed by atoms with E-state index >= 15 is 0 Å². The normalized spacial score (nSPS) is 36.5. The molecule has 2 aliphatic rings. The van der Waals surface area contributed by atoms with Crippen LogP contribution in [0, 0.1) is 23.2 Å². The summed E-state index contributed by atoms with van der Waals surface area (Å²) in [5.41, 5.74) is 0.370. The van der Waals surface area contributed by atoms with Gasteiger partial charge in [0.2, 0.25) is 0 Å². The van der Waals surface area contributed by atoms with E-state index in [-0.39, 0.29) is 24.0 Å². The summed E-state index contributed by atoms with van der Waals surface area (Å²) >= 11 is 0. The molecule has 1 saturated carbocycles. The zero-order valence-corrected chi connectivity index (χ0v) is 12.7. The number of rotatable bonds is 5. The molecule has 0 aromatic rings. The lowest BCUT2D eigenvalue weighted by molar-refractivity contribution is -0.145. The van der Waals surface area contributed by atoms with Gasteiger partial charge in [-0.1, -0.05) is 40.5 Å². The summed E-state index contributed by atoms with van der Waals surface area (Å²) in [6.45, 7) is 8.81. The molecule has 0 radical (unpaired) electrons. The Kier molecular flexibility index (Phi) is 4.24. The van der Waals surface area contributed by atoms with Crippen LogP contribution in [0.3, 0.4) is 0 Å². The van der Waals surface area contributed by atoms with E-state index in [1.807, 2.05) is 0 Å². The van der Waals surface area contributed by atoms with Crippen molar-refractivity contribution >= 4 is 5.97 Å². The molecule has 0 aromatic carbocycles. The Morgan fingerprint density at radius 1 is 1.47 bits per heavy atom. The van der Waals surface area contributed by atoms with E-state index in [1.54, 1.807) is 0 Å². The van der Waals surface area contributed by atoms with Gasteiger partial charge in [0.1, 0.15) is 0 Å². The predicted octanol–water partition coefficient (Wildman–Crippen LogP) is 3.72. The molecular weight excluding hydrogens is 240 g/mol. The van der Waals surface area contributed by atoms with E-state index in [0.29, 0.717) is 11.3 Å².